The normalized spacial score (nSPS) is 11.1. The van der Waals surface area contributed by atoms with Crippen molar-refractivity contribution < 1.29 is 30.0 Å². The SMILES string of the molecule is CCCCCCC(C)(C)C(=O)O.CCCCCCC(C)(C)C(=O)O.OCCCCCCO. The molecular formula is C26H54O6. The fourth-order valence-corrected chi connectivity index (χ4v) is 2.78. The van der Waals surface area contributed by atoms with E-state index in [0.29, 0.717) is 0 Å². The molecule has 194 valence electrons. The fourth-order valence-electron chi connectivity index (χ4n) is 2.78. The number of aliphatic carboxylic acids is 2. The minimum atomic E-state index is -0.681. The van der Waals surface area contributed by atoms with Crippen LogP contribution < -0.4 is 0 Å². The molecule has 0 aromatic heterocycles. The van der Waals surface area contributed by atoms with Crippen molar-refractivity contribution in [2.45, 2.75) is 131 Å². The smallest absolute Gasteiger partial charge is 0.309 e. The molecule has 0 atom stereocenters. The Morgan fingerprint density at radius 2 is 0.812 bits per heavy atom. The molecule has 32 heavy (non-hydrogen) atoms. The third kappa shape index (κ3) is 25.1. The van der Waals surface area contributed by atoms with E-state index in [1.165, 1.54) is 25.7 Å². The lowest BCUT2D eigenvalue weighted by atomic mass is 9.87. The number of rotatable bonds is 17. The van der Waals surface area contributed by atoms with E-state index in [4.69, 9.17) is 20.4 Å². The van der Waals surface area contributed by atoms with Crippen LogP contribution in [0.3, 0.4) is 0 Å². The van der Waals surface area contributed by atoms with E-state index >= 15 is 0 Å². The number of unbranched alkanes of at least 4 members (excludes halogenated alkanes) is 9. The maximum Gasteiger partial charge on any atom is 0.309 e. The van der Waals surface area contributed by atoms with Crippen LogP contribution in [0.25, 0.3) is 0 Å². The van der Waals surface area contributed by atoms with E-state index in [1.807, 2.05) is 0 Å². The van der Waals surface area contributed by atoms with Gasteiger partial charge in [0.25, 0.3) is 0 Å². The lowest BCUT2D eigenvalue weighted by Gasteiger charge is -2.18. The highest BCUT2D eigenvalue weighted by atomic mass is 16.4. The van der Waals surface area contributed by atoms with Crippen LogP contribution in [0.1, 0.15) is 131 Å². The first-order valence-electron chi connectivity index (χ1n) is 12.6. The topological polar surface area (TPSA) is 115 Å². The summed E-state index contributed by atoms with van der Waals surface area (Å²) in [5.41, 5.74) is -1.07. The lowest BCUT2D eigenvalue weighted by molar-refractivity contribution is -0.148. The van der Waals surface area contributed by atoms with Crippen molar-refractivity contribution in [2.75, 3.05) is 13.2 Å². The maximum atomic E-state index is 10.7. The van der Waals surface area contributed by atoms with Crippen molar-refractivity contribution in [1.82, 2.24) is 0 Å². The molecule has 6 heteroatoms. The van der Waals surface area contributed by atoms with Gasteiger partial charge in [-0.3, -0.25) is 9.59 Å². The van der Waals surface area contributed by atoms with Crippen LogP contribution in [0, 0.1) is 10.8 Å². The van der Waals surface area contributed by atoms with Crippen molar-refractivity contribution in [3.05, 3.63) is 0 Å². The molecule has 0 aromatic carbocycles. The average Bonchev–Trinajstić information content (AvgIpc) is 2.73. The van der Waals surface area contributed by atoms with Gasteiger partial charge in [-0.05, 0) is 53.4 Å². The van der Waals surface area contributed by atoms with Crippen molar-refractivity contribution in [3.8, 4) is 0 Å². The highest BCUT2D eigenvalue weighted by Crippen LogP contribution is 2.24. The quantitative estimate of drug-likeness (QED) is 0.179. The average molecular weight is 463 g/mol. The molecule has 0 spiro atoms. The monoisotopic (exact) mass is 462 g/mol. The second-order valence-corrected chi connectivity index (χ2v) is 9.86. The van der Waals surface area contributed by atoms with E-state index < -0.39 is 22.8 Å². The molecule has 0 radical (unpaired) electrons. The molecule has 6 nitrogen and oxygen atoms in total. The fraction of sp³-hybridized carbons (Fsp3) is 0.923. The van der Waals surface area contributed by atoms with Gasteiger partial charge in [-0.2, -0.15) is 0 Å². The van der Waals surface area contributed by atoms with Crippen LogP contribution in [-0.4, -0.2) is 45.6 Å². The second kappa shape index (κ2) is 23.0. The van der Waals surface area contributed by atoms with Crippen LogP contribution in [0.2, 0.25) is 0 Å². The number of hydrogen-bond acceptors (Lipinski definition) is 4. The van der Waals surface area contributed by atoms with Crippen LogP contribution in [0.5, 0.6) is 0 Å². The summed E-state index contributed by atoms with van der Waals surface area (Å²) in [6.45, 7) is 12.0. The van der Waals surface area contributed by atoms with Gasteiger partial charge in [0, 0.05) is 13.2 Å². The Bertz CT molecular complexity index is 392. The third-order valence-electron chi connectivity index (χ3n) is 5.53. The van der Waals surface area contributed by atoms with Crippen LogP contribution in [0.15, 0.2) is 0 Å². The number of carboxylic acids is 2. The molecule has 0 unspecified atom stereocenters. The minimum Gasteiger partial charge on any atom is -0.481 e. The second-order valence-electron chi connectivity index (χ2n) is 9.86. The van der Waals surface area contributed by atoms with Gasteiger partial charge in [0.2, 0.25) is 0 Å². The predicted octanol–water partition coefficient (Wildman–Crippen LogP) is 6.67. The highest BCUT2D eigenvalue weighted by molar-refractivity contribution is 5.73. The van der Waals surface area contributed by atoms with E-state index in [0.717, 1.165) is 64.2 Å². The molecule has 0 rings (SSSR count). The molecule has 0 bridgehead atoms. The summed E-state index contributed by atoms with van der Waals surface area (Å²) < 4.78 is 0. The summed E-state index contributed by atoms with van der Waals surface area (Å²) in [7, 11) is 0. The molecular weight excluding hydrogens is 408 g/mol. The molecule has 0 saturated heterocycles. The highest BCUT2D eigenvalue weighted by Gasteiger charge is 2.26. The molecule has 0 fully saturated rings. The van der Waals surface area contributed by atoms with Crippen molar-refractivity contribution in [1.29, 1.82) is 0 Å². The van der Waals surface area contributed by atoms with Gasteiger partial charge in [0.15, 0.2) is 0 Å². The number of carbonyl (C=O) groups is 2. The first kappa shape index (κ1) is 35.4. The molecule has 0 aliphatic rings. The zero-order valence-corrected chi connectivity index (χ0v) is 21.9. The van der Waals surface area contributed by atoms with E-state index in [-0.39, 0.29) is 13.2 Å². The number of aliphatic hydroxyl groups is 2. The summed E-state index contributed by atoms with van der Waals surface area (Å²) in [6.07, 6.45) is 14.6. The Hall–Kier alpha value is -1.14. The number of carboxylic acid groups (broad SMARTS) is 2. The number of hydrogen-bond donors (Lipinski definition) is 4. The largest absolute Gasteiger partial charge is 0.481 e. The van der Waals surface area contributed by atoms with Crippen molar-refractivity contribution >= 4 is 11.9 Å². The minimum absolute atomic E-state index is 0.283. The first-order valence-corrected chi connectivity index (χ1v) is 12.6. The Morgan fingerprint density at radius 1 is 0.531 bits per heavy atom. The van der Waals surface area contributed by atoms with Crippen molar-refractivity contribution in [3.63, 3.8) is 0 Å². The van der Waals surface area contributed by atoms with Crippen molar-refractivity contribution in [2.24, 2.45) is 10.8 Å². The van der Waals surface area contributed by atoms with Gasteiger partial charge in [-0.1, -0.05) is 78.1 Å². The summed E-state index contributed by atoms with van der Waals surface area (Å²) >= 11 is 0. The first-order chi connectivity index (χ1) is 14.9. The molecule has 0 heterocycles. The molecule has 0 aliphatic heterocycles. The molecule has 0 saturated carbocycles. The summed E-state index contributed by atoms with van der Waals surface area (Å²) in [6, 6.07) is 0. The van der Waals surface area contributed by atoms with Crippen LogP contribution >= 0.6 is 0 Å². The Morgan fingerprint density at radius 3 is 1.03 bits per heavy atom. The zero-order valence-electron chi connectivity index (χ0n) is 21.9. The number of aliphatic hydroxyl groups excluding tert-OH is 2. The Labute approximate surface area is 197 Å². The van der Waals surface area contributed by atoms with Gasteiger partial charge < -0.3 is 20.4 Å². The molecule has 4 N–H and O–H groups in total. The molecule has 0 aromatic rings. The Balaban J connectivity index is -0.000000404. The standard InChI is InChI=1S/2C10H20O2.C6H14O2/c2*1-4-5-6-7-8-10(2,3)9(11)12;7-5-3-1-2-4-6-8/h2*4-8H2,1-3H3,(H,11,12);7-8H,1-6H2. The van der Waals surface area contributed by atoms with Gasteiger partial charge in [0.05, 0.1) is 10.8 Å². The van der Waals surface area contributed by atoms with Gasteiger partial charge in [0.1, 0.15) is 0 Å². The summed E-state index contributed by atoms with van der Waals surface area (Å²) in [4.78, 5) is 21.4. The van der Waals surface area contributed by atoms with Gasteiger partial charge in [-0.15, -0.1) is 0 Å². The van der Waals surface area contributed by atoms with Gasteiger partial charge >= 0.3 is 11.9 Å². The maximum absolute atomic E-state index is 10.7. The van der Waals surface area contributed by atoms with E-state index in [9.17, 15) is 9.59 Å². The third-order valence-corrected chi connectivity index (χ3v) is 5.53. The van der Waals surface area contributed by atoms with E-state index in [1.54, 1.807) is 27.7 Å². The molecule has 0 amide bonds. The van der Waals surface area contributed by atoms with Crippen LogP contribution in [0.4, 0.5) is 0 Å². The summed E-state index contributed by atoms with van der Waals surface area (Å²) in [5, 5.41) is 34.2. The van der Waals surface area contributed by atoms with E-state index in [2.05, 4.69) is 13.8 Å². The Kier molecular flexibility index (Phi) is 25.5. The van der Waals surface area contributed by atoms with Gasteiger partial charge in [-0.25, -0.2) is 0 Å². The lowest BCUT2D eigenvalue weighted by Crippen LogP contribution is -2.23. The molecule has 0 aliphatic carbocycles. The predicted molar refractivity (Wildman–Crippen MR) is 133 cm³/mol. The zero-order chi connectivity index (χ0) is 25.5. The van der Waals surface area contributed by atoms with Crippen LogP contribution in [-0.2, 0) is 9.59 Å². The summed E-state index contributed by atoms with van der Waals surface area (Å²) in [5.74, 6) is -1.36.